The maximum atomic E-state index is 14.1. The molecule has 3 aromatic carbocycles. The maximum absolute atomic E-state index is 14.1. The summed E-state index contributed by atoms with van der Waals surface area (Å²) in [5.41, 5.74) is 1.36. The average molecular weight is 590 g/mol. The van der Waals surface area contributed by atoms with Crippen LogP contribution in [-0.2, 0) is 14.3 Å². The lowest BCUT2D eigenvalue weighted by molar-refractivity contribution is -0.140. The summed E-state index contributed by atoms with van der Waals surface area (Å²) < 4.78 is 5.40. The van der Waals surface area contributed by atoms with Gasteiger partial charge in [0, 0.05) is 18.0 Å². The van der Waals surface area contributed by atoms with Gasteiger partial charge in [0.1, 0.15) is 17.7 Å². The molecule has 42 heavy (non-hydrogen) atoms. The summed E-state index contributed by atoms with van der Waals surface area (Å²) in [6.07, 6.45) is 4.62. The van der Waals surface area contributed by atoms with Crippen LogP contribution in [0.1, 0.15) is 70.5 Å². The van der Waals surface area contributed by atoms with Gasteiger partial charge in [-0.25, -0.2) is 4.79 Å². The lowest BCUT2D eigenvalue weighted by Gasteiger charge is -2.34. The number of nitrogens with one attached hydrogen (secondary N) is 2. The van der Waals surface area contributed by atoms with Gasteiger partial charge >= 0.3 is 6.09 Å². The topological polar surface area (TPSA) is 87.7 Å². The highest BCUT2D eigenvalue weighted by atomic mass is 32.1. The SMILES string of the molecule is C=Cc1cccc(C(C(=O)Nc2ccc3ccccc3c2)N(CCCCCC)C(=O)C(CS)NC(=O)OC(C)(C)C)c1. The molecule has 0 aromatic heterocycles. The number of benzene rings is 3. The van der Waals surface area contributed by atoms with Crippen LogP contribution in [0.4, 0.5) is 10.5 Å². The van der Waals surface area contributed by atoms with Crippen molar-refractivity contribution in [3.8, 4) is 0 Å². The Bertz CT molecular complexity index is 1380. The largest absolute Gasteiger partial charge is 0.444 e. The molecule has 0 fully saturated rings. The van der Waals surface area contributed by atoms with Crippen LogP contribution < -0.4 is 10.6 Å². The van der Waals surface area contributed by atoms with Gasteiger partial charge in [-0.1, -0.05) is 87.4 Å². The molecule has 7 nitrogen and oxygen atoms in total. The average Bonchev–Trinajstić information content (AvgIpc) is 2.96. The molecule has 0 aliphatic carbocycles. The zero-order chi connectivity index (χ0) is 30.7. The third kappa shape index (κ3) is 9.38. The zero-order valence-corrected chi connectivity index (χ0v) is 26.0. The number of hydrogen-bond acceptors (Lipinski definition) is 5. The van der Waals surface area contributed by atoms with E-state index in [1.54, 1.807) is 31.7 Å². The van der Waals surface area contributed by atoms with Crippen LogP contribution in [-0.4, -0.2) is 46.7 Å². The van der Waals surface area contributed by atoms with Crippen LogP contribution in [0, 0.1) is 0 Å². The van der Waals surface area contributed by atoms with Crippen molar-refractivity contribution >= 4 is 53.1 Å². The van der Waals surface area contributed by atoms with Crippen molar-refractivity contribution in [3.63, 3.8) is 0 Å². The number of carbonyl (C=O) groups excluding carboxylic acids is 3. The Morgan fingerprint density at radius 1 is 0.976 bits per heavy atom. The Balaban J connectivity index is 2.02. The minimum atomic E-state index is -0.993. The van der Waals surface area contributed by atoms with Gasteiger partial charge in [-0.3, -0.25) is 9.59 Å². The quantitative estimate of drug-likeness (QED) is 0.143. The molecule has 8 heteroatoms. The molecule has 2 N–H and O–H groups in total. The Kier molecular flexibility index (Phi) is 12.0. The Hall–Kier alpha value is -3.78. The van der Waals surface area contributed by atoms with E-state index < -0.39 is 29.7 Å². The molecule has 0 spiro atoms. The summed E-state index contributed by atoms with van der Waals surface area (Å²) in [7, 11) is 0. The summed E-state index contributed by atoms with van der Waals surface area (Å²) in [6.45, 7) is 11.6. The molecule has 0 aliphatic rings. The number of rotatable bonds is 13. The van der Waals surface area contributed by atoms with Crippen molar-refractivity contribution in [3.05, 3.63) is 84.4 Å². The van der Waals surface area contributed by atoms with Gasteiger partial charge in [0.25, 0.3) is 5.91 Å². The fourth-order valence-corrected chi connectivity index (χ4v) is 4.96. The number of anilines is 1. The van der Waals surface area contributed by atoms with Crippen molar-refractivity contribution in [1.82, 2.24) is 10.2 Å². The first-order valence-corrected chi connectivity index (χ1v) is 15.1. The third-order valence-electron chi connectivity index (χ3n) is 6.75. The lowest BCUT2D eigenvalue weighted by Crippen LogP contribution is -2.53. The highest BCUT2D eigenvalue weighted by Gasteiger charge is 2.36. The smallest absolute Gasteiger partial charge is 0.408 e. The minimum Gasteiger partial charge on any atom is -0.444 e. The van der Waals surface area contributed by atoms with Gasteiger partial charge < -0.3 is 20.3 Å². The molecule has 3 amide bonds. The first-order valence-electron chi connectivity index (χ1n) is 14.5. The van der Waals surface area contributed by atoms with Crippen LogP contribution >= 0.6 is 12.6 Å². The molecular formula is C34H43N3O4S. The second kappa shape index (κ2) is 15.4. The second-order valence-corrected chi connectivity index (χ2v) is 11.7. The molecule has 0 saturated heterocycles. The molecule has 0 bridgehead atoms. The van der Waals surface area contributed by atoms with Gasteiger partial charge in [0.15, 0.2) is 0 Å². The molecule has 0 heterocycles. The van der Waals surface area contributed by atoms with E-state index in [0.29, 0.717) is 24.2 Å². The maximum Gasteiger partial charge on any atom is 0.408 e. The lowest BCUT2D eigenvalue weighted by atomic mass is 9.99. The molecule has 0 aliphatic heterocycles. The number of hydrogen-bond donors (Lipinski definition) is 3. The number of unbranched alkanes of at least 4 members (excludes halogenated alkanes) is 3. The first kappa shape index (κ1) is 32.7. The van der Waals surface area contributed by atoms with E-state index >= 15 is 0 Å². The van der Waals surface area contributed by atoms with E-state index in [1.807, 2.05) is 66.7 Å². The molecule has 2 atom stereocenters. The van der Waals surface area contributed by atoms with E-state index in [2.05, 4.69) is 36.8 Å². The predicted molar refractivity (Wildman–Crippen MR) is 175 cm³/mol. The summed E-state index contributed by atoms with van der Waals surface area (Å²) in [6, 6.07) is 19.1. The number of carbonyl (C=O) groups is 3. The molecule has 224 valence electrons. The molecule has 3 rings (SSSR count). The monoisotopic (exact) mass is 589 g/mol. The van der Waals surface area contributed by atoms with E-state index in [-0.39, 0.29) is 11.7 Å². The number of amides is 3. The third-order valence-corrected chi connectivity index (χ3v) is 7.11. The second-order valence-electron chi connectivity index (χ2n) is 11.3. The summed E-state index contributed by atoms with van der Waals surface area (Å²) in [5.74, 6) is -0.726. The van der Waals surface area contributed by atoms with E-state index in [1.165, 1.54) is 0 Å². The van der Waals surface area contributed by atoms with Gasteiger partial charge in [0.05, 0.1) is 0 Å². The summed E-state index contributed by atoms with van der Waals surface area (Å²) in [5, 5.41) is 7.76. The number of nitrogens with zero attached hydrogens (tertiary/aromatic N) is 1. The molecule has 2 unspecified atom stereocenters. The Morgan fingerprint density at radius 2 is 1.71 bits per heavy atom. The summed E-state index contributed by atoms with van der Waals surface area (Å²) in [4.78, 5) is 42.5. The number of fused-ring (bicyclic) bond motifs is 1. The van der Waals surface area contributed by atoms with Crippen molar-refractivity contribution < 1.29 is 19.1 Å². The van der Waals surface area contributed by atoms with E-state index in [0.717, 1.165) is 35.6 Å². The normalized spacial score (nSPS) is 12.7. The van der Waals surface area contributed by atoms with E-state index in [9.17, 15) is 14.4 Å². The molecular weight excluding hydrogens is 546 g/mol. The molecule has 3 aromatic rings. The highest BCUT2D eigenvalue weighted by Crippen LogP contribution is 2.27. The van der Waals surface area contributed by atoms with Crippen molar-refractivity contribution in [2.24, 2.45) is 0 Å². The standard InChI is InChI=1S/C34H43N3O4S/c1-6-8-9-12-20-37(32(39)29(23-42)36-33(40)41-34(3,4)5)30(27-17-13-14-24(7-2)21-27)31(38)35-28-19-18-25-15-10-11-16-26(25)22-28/h7,10-11,13-19,21-22,29-30,42H,2,6,8-9,12,20,23H2,1,3-5H3,(H,35,38)(H,36,40). The fourth-order valence-electron chi connectivity index (χ4n) is 4.72. The van der Waals surface area contributed by atoms with Gasteiger partial charge in [-0.2, -0.15) is 12.6 Å². The number of alkyl carbamates (subject to hydrolysis) is 1. The van der Waals surface area contributed by atoms with Crippen LogP contribution in [0.5, 0.6) is 0 Å². The highest BCUT2D eigenvalue weighted by molar-refractivity contribution is 7.80. The van der Waals surface area contributed by atoms with Crippen molar-refractivity contribution in [1.29, 1.82) is 0 Å². The number of ether oxygens (including phenoxy) is 1. The van der Waals surface area contributed by atoms with Crippen molar-refractivity contribution in [2.75, 3.05) is 17.6 Å². The molecule has 0 saturated carbocycles. The summed E-state index contributed by atoms with van der Waals surface area (Å²) >= 11 is 4.38. The van der Waals surface area contributed by atoms with Crippen LogP contribution in [0.25, 0.3) is 16.8 Å². The van der Waals surface area contributed by atoms with Crippen molar-refractivity contribution in [2.45, 2.75) is 71.1 Å². The fraction of sp³-hybridized carbons (Fsp3) is 0.382. The van der Waals surface area contributed by atoms with Gasteiger partial charge in [-0.15, -0.1) is 0 Å². The minimum absolute atomic E-state index is 0.0370. The van der Waals surface area contributed by atoms with Crippen LogP contribution in [0.3, 0.4) is 0 Å². The first-order chi connectivity index (χ1) is 20.1. The van der Waals surface area contributed by atoms with Gasteiger partial charge in [-0.05, 0) is 67.3 Å². The van der Waals surface area contributed by atoms with E-state index in [4.69, 9.17) is 4.74 Å². The van der Waals surface area contributed by atoms with Crippen LogP contribution in [0.2, 0.25) is 0 Å². The molecule has 0 radical (unpaired) electrons. The Morgan fingerprint density at radius 3 is 2.38 bits per heavy atom. The predicted octanol–water partition coefficient (Wildman–Crippen LogP) is 7.39. The number of thiol groups is 1. The van der Waals surface area contributed by atoms with Crippen LogP contribution in [0.15, 0.2) is 73.3 Å². The van der Waals surface area contributed by atoms with Gasteiger partial charge in [0.2, 0.25) is 5.91 Å². The Labute approximate surface area is 255 Å². The zero-order valence-electron chi connectivity index (χ0n) is 25.1.